The third kappa shape index (κ3) is 5.91. The van der Waals surface area contributed by atoms with Gasteiger partial charge in [-0.15, -0.1) is 0 Å². The Morgan fingerprint density at radius 1 is 1.21 bits per heavy atom. The zero-order chi connectivity index (χ0) is 28.2. The van der Waals surface area contributed by atoms with E-state index in [4.69, 9.17) is 19.6 Å². The van der Waals surface area contributed by atoms with Crippen LogP contribution in [-0.2, 0) is 16.7 Å². The highest BCUT2D eigenvalue weighted by Crippen LogP contribution is 2.40. The molecule has 10 heteroatoms. The molecule has 0 saturated carbocycles. The van der Waals surface area contributed by atoms with Crippen LogP contribution in [0.3, 0.4) is 0 Å². The highest BCUT2D eigenvalue weighted by atomic mass is 16.5. The molecule has 10 nitrogen and oxygen atoms in total. The van der Waals surface area contributed by atoms with E-state index in [0.717, 1.165) is 22.6 Å². The Bertz CT molecular complexity index is 1220. The van der Waals surface area contributed by atoms with Gasteiger partial charge >= 0.3 is 0 Å². The van der Waals surface area contributed by atoms with E-state index in [0.29, 0.717) is 43.3 Å². The molecule has 2 aromatic rings. The van der Waals surface area contributed by atoms with Gasteiger partial charge in [-0.05, 0) is 30.5 Å². The fourth-order valence-electron chi connectivity index (χ4n) is 4.42. The van der Waals surface area contributed by atoms with Gasteiger partial charge in [-0.1, -0.05) is 20.8 Å². The molecule has 1 aromatic carbocycles. The predicted octanol–water partition coefficient (Wildman–Crippen LogP) is 3.25. The number of anilines is 1. The summed E-state index contributed by atoms with van der Waals surface area (Å²) in [4.78, 5) is 34.1. The van der Waals surface area contributed by atoms with Gasteiger partial charge in [-0.25, -0.2) is 4.98 Å². The number of ketones is 1. The highest BCUT2D eigenvalue weighted by molar-refractivity contribution is 6.06. The molecule has 3 rings (SSSR count). The molecule has 206 valence electrons. The number of benzene rings is 1. The number of methoxy groups -OCH3 is 2. The molecule has 0 unspecified atom stereocenters. The molecule has 38 heavy (non-hydrogen) atoms. The standard InChI is InChI=1S/C28H39N5O5/c1-9-38-22-14-18-15-33(26(29)23(18)31-24(22)27(35)30-5)16-21(34)17-12-19(28(2,3)4)25(37-8)20(13-17)32(6)10-11-36-7/h12-14,29H,9-11,15-16H2,1-8H3,(H,30,35). The Balaban J connectivity index is 1.95. The van der Waals surface area contributed by atoms with Gasteiger partial charge in [-0.3, -0.25) is 15.0 Å². The number of rotatable bonds is 11. The largest absolute Gasteiger partial charge is 0.494 e. The van der Waals surface area contributed by atoms with E-state index in [9.17, 15) is 9.59 Å². The summed E-state index contributed by atoms with van der Waals surface area (Å²) in [5, 5.41) is 11.3. The average molecular weight is 526 g/mol. The van der Waals surface area contributed by atoms with Crippen molar-refractivity contribution in [2.75, 3.05) is 59.5 Å². The number of nitrogens with one attached hydrogen (secondary N) is 2. The minimum absolute atomic E-state index is 0.00833. The van der Waals surface area contributed by atoms with E-state index in [1.165, 1.54) is 7.05 Å². The lowest BCUT2D eigenvalue weighted by Crippen LogP contribution is -2.31. The van der Waals surface area contributed by atoms with E-state index < -0.39 is 5.91 Å². The van der Waals surface area contributed by atoms with Crippen LogP contribution in [0.4, 0.5) is 5.69 Å². The van der Waals surface area contributed by atoms with E-state index in [2.05, 4.69) is 31.1 Å². The summed E-state index contributed by atoms with van der Waals surface area (Å²) >= 11 is 0. The molecule has 0 aliphatic carbocycles. The second kappa shape index (κ2) is 11.8. The minimum Gasteiger partial charge on any atom is -0.494 e. The number of hydrogen-bond acceptors (Lipinski definition) is 8. The van der Waals surface area contributed by atoms with Gasteiger partial charge in [0.1, 0.15) is 17.3 Å². The maximum absolute atomic E-state index is 13.6. The fraction of sp³-hybridized carbons (Fsp3) is 0.500. The minimum atomic E-state index is -0.392. The monoisotopic (exact) mass is 525 g/mol. The highest BCUT2D eigenvalue weighted by Gasteiger charge is 2.32. The lowest BCUT2D eigenvalue weighted by atomic mass is 9.84. The second-order valence-electron chi connectivity index (χ2n) is 10.2. The van der Waals surface area contributed by atoms with Gasteiger partial charge < -0.3 is 29.3 Å². The molecule has 0 atom stereocenters. The molecule has 0 spiro atoms. The van der Waals surface area contributed by atoms with Crippen molar-refractivity contribution < 1.29 is 23.8 Å². The first-order valence-corrected chi connectivity index (χ1v) is 12.6. The predicted molar refractivity (Wildman–Crippen MR) is 147 cm³/mol. The first-order valence-electron chi connectivity index (χ1n) is 12.6. The quantitative estimate of drug-likeness (QED) is 0.430. The molecule has 0 saturated heterocycles. The van der Waals surface area contributed by atoms with Crippen molar-refractivity contribution in [3.8, 4) is 11.5 Å². The summed E-state index contributed by atoms with van der Waals surface area (Å²) in [7, 11) is 6.75. The lowest BCUT2D eigenvalue weighted by molar-refractivity contribution is 0.0949. The summed E-state index contributed by atoms with van der Waals surface area (Å²) in [5.41, 5.74) is 3.23. The number of carbonyl (C=O) groups excluding carboxylic acids is 2. The third-order valence-corrected chi connectivity index (χ3v) is 6.49. The molecule has 0 bridgehead atoms. The topological polar surface area (TPSA) is 117 Å². The first-order chi connectivity index (χ1) is 18.0. The van der Waals surface area contributed by atoms with Gasteiger partial charge in [0.25, 0.3) is 5.91 Å². The zero-order valence-electron chi connectivity index (χ0n) is 23.7. The van der Waals surface area contributed by atoms with E-state index in [1.807, 2.05) is 31.0 Å². The molecular formula is C28H39N5O5. The average Bonchev–Trinajstić information content (AvgIpc) is 3.18. The molecule has 0 radical (unpaired) electrons. The van der Waals surface area contributed by atoms with Gasteiger partial charge in [0.15, 0.2) is 17.2 Å². The molecule has 1 amide bonds. The van der Waals surface area contributed by atoms with Gasteiger partial charge in [0.2, 0.25) is 0 Å². The first kappa shape index (κ1) is 28.9. The van der Waals surface area contributed by atoms with Crippen LogP contribution < -0.4 is 19.7 Å². The Morgan fingerprint density at radius 3 is 2.50 bits per heavy atom. The number of amides is 1. The number of hydrogen-bond donors (Lipinski definition) is 2. The number of Topliss-reactive ketones (excluding diaryl/α,β-unsaturated/α-hetero) is 1. The third-order valence-electron chi connectivity index (χ3n) is 6.49. The van der Waals surface area contributed by atoms with E-state index in [-0.39, 0.29) is 29.3 Å². The SMILES string of the molecule is CCOc1cc2c(nc1C(=O)NC)C(=N)N(CC(=O)c1cc(N(C)CCOC)c(OC)c(C(C)(C)C)c1)C2. The van der Waals surface area contributed by atoms with Crippen LogP contribution in [0.15, 0.2) is 18.2 Å². The normalized spacial score (nSPS) is 12.8. The zero-order valence-corrected chi connectivity index (χ0v) is 23.7. The van der Waals surface area contributed by atoms with Crippen molar-refractivity contribution in [2.45, 2.75) is 39.7 Å². The van der Waals surface area contributed by atoms with Crippen molar-refractivity contribution in [2.24, 2.45) is 0 Å². The van der Waals surface area contributed by atoms with Crippen molar-refractivity contribution >= 4 is 23.2 Å². The summed E-state index contributed by atoms with van der Waals surface area (Å²) < 4.78 is 16.7. The number of carbonyl (C=O) groups is 2. The molecule has 2 N–H and O–H groups in total. The van der Waals surface area contributed by atoms with Crippen LogP contribution in [0.2, 0.25) is 0 Å². The number of pyridine rings is 1. The summed E-state index contributed by atoms with van der Waals surface area (Å²) in [6, 6.07) is 5.47. The lowest BCUT2D eigenvalue weighted by Gasteiger charge is -2.29. The second-order valence-corrected chi connectivity index (χ2v) is 10.2. The molecule has 2 heterocycles. The van der Waals surface area contributed by atoms with Crippen LogP contribution >= 0.6 is 0 Å². The number of ether oxygens (including phenoxy) is 3. The van der Waals surface area contributed by atoms with Crippen LogP contribution in [0, 0.1) is 5.41 Å². The van der Waals surface area contributed by atoms with Gasteiger partial charge in [0.05, 0.1) is 32.6 Å². The molecule has 1 aliphatic rings. The molecule has 1 aromatic heterocycles. The molecular weight excluding hydrogens is 486 g/mol. The van der Waals surface area contributed by atoms with E-state index in [1.54, 1.807) is 25.2 Å². The number of aromatic nitrogens is 1. The molecule has 0 fully saturated rings. The number of amidine groups is 1. The number of likely N-dealkylation sites (N-methyl/N-ethyl adjacent to an activating group) is 1. The van der Waals surface area contributed by atoms with E-state index >= 15 is 0 Å². The van der Waals surface area contributed by atoms with Gasteiger partial charge in [0, 0.05) is 51.0 Å². The van der Waals surface area contributed by atoms with Crippen LogP contribution in [0.1, 0.15) is 65.4 Å². The van der Waals surface area contributed by atoms with Crippen LogP contribution in [0.5, 0.6) is 11.5 Å². The fourth-order valence-corrected chi connectivity index (χ4v) is 4.42. The Kier molecular flexibility index (Phi) is 8.98. The number of fused-ring (bicyclic) bond motifs is 1. The van der Waals surface area contributed by atoms with Crippen molar-refractivity contribution in [1.82, 2.24) is 15.2 Å². The van der Waals surface area contributed by atoms with Crippen molar-refractivity contribution in [3.63, 3.8) is 0 Å². The number of nitrogens with zero attached hydrogens (tertiary/aromatic N) is 3. The Hall–Kier alpha value is -3.66. The van der Waals surface area contributed by atoms with Gasteiger partial charge in [-0.2, -0.15) is 0 Å². The van der Waals surface area contributed by atoms with Crippen molar-refractivity contribution in [1.29, 1.82) is 5.41 Å². The van der Waals surface area contributed by atoms with Crippen LogP contribution in [-0.4, -0.2) is 82.0 Å². The van der Waals surface area contributed by atoms with Crippen molar-refractivity contribution in [3.05, 3.63) is 46.3 Å². The summed E-state index contributed by atoms with van der Waals surface area (Å²) in [6.45, 7) is 9.91. The van der Waals surface area contributed by atoms with Crippen LogP contribution in [0.25, 0.3) is 0 Å². The molecule has 1 aliphatic heterocycles. The maximum atomic E-state index is 13.6. The Morgan fingerprint density at radius 2 is 1.92 bits per heavy atom. The summed E-state index contributed by atoms with van der Waals surface area (Å²) in [6.07, 6.45) is 0. The Labute approximate surface area is 224 Å². The summed E-state index contributed by atoms with van der Waals surface area (Å²) in [5.74, 6) is 0.664. The smallest absolute Gasteiger partial charge is 0.273 e. The maximum Gasteiger partial charge on any atom is 0.273 e.